The number of nitro benzene ring substituents is 1. The number of carbonyl (C=O) groups excluding carboxylic acids is 6. The van der Waals surface area contributed by atoms with Gasteiger partial charge in [-0.25, -0.2) is 4.98 Å². The van der Waals surface area contributed by atoms with Gasteiger partial charge in [0.15, 0.2) is 0 Å². The van der Waals surface area contributed by atoms with Gasteiger partial charge in [0.1, 0.15) is 30.2 Å². The van der Waals surface area contributed by atoms with Crippen LogP contribution in [-0.4, -0.2) is 97.8 Å². The molecule has 5 atom stereocenters. The lowest BCUT2D eigenvalue weighted by atomic mass is 10.0. The van der Waals surface area contributed by atoms with Gasteiger partial charge in [0, 0.05) is 71.0 Å². The molecule has 6 rings (SSSR count). The Hall–Kier alpha value is -7.06. The number of rotatable bonds is 12. The van der Waals surface area contributed by atoms with Crippen molar-refractivity contribution in [2.24, 2.45) is 11.5 Å². The summed E-state index contributed by atoms with van der Waals surface area (Å²) in [6.45, 7) is 0.313. The molecule has 324 valence electrons. The normalized spacial score (nSPS) is 20.6. The smallest absolute Gasteiger partial charge is 0.270 e. The second kappa shape index (κ2) is 21.0. The lowest BCUT2D eigenvalue weighted by Crippen LogP contribution is -2.60. The molecule has 5 aromatic rings. The van der Waals surface area contributed by atoms with Gasteiger partial charge < -0.3 is 48.0 Å². The summed E-state index contributed by atoms with van der Waals surface area (Å²) in [5.74, 6) is -5.04. The number of nitrogens with one attached hydrogen (secondary N) is 7. The summed E-state index contributed by atoms with van der Waals surface area (Å²) in [4.78, 5) is 106. The van der Waals surface area contributed by atoms with E-state index in [2.05, 4.69) is 41.5 Å². The Kier molecular flexibility index (Phi) is 15.0. The van der Waals surface area contributed by atoms with Crippen molar-refractivity contribution in [2.45, 2.75) is 73.6 Å². The maximum atomic E-state index is 14.4. The molecule has 1 aliphatic heterocycles. The highest BCUT2D eigenvalue weighted by molar-refractivity contribution is 7.99. The minimum Gasteiger partial charge on any atom is -0.368 e. The third kappa shape index (κ3) is 11.6. The number of aromatic nitrogens is 3. The highest BCUT2D eigenvalue weighted by Gasteiger charge is 2.34. The van der Waals surface area contributed by atoms with Crippen molar-refractivity contribution in [1.29, 1.82) is 0 Å². The summed E-state index contributed by atoms with van der Waals surface area (Å²) in [6.07, 6.45) is 5.40. The zero-order valence-corrected chi connectivity index (χ0v) is 34.2. The number of carbonyl (C=O) groups is 6. The molecule has 2 aromatic heterocycles. The molecule has 0 unspecified atom stereocenters. The van der Waals surface area contributed by atoms with Crippen LogP contribution in [0.2, 0.25) is 0 Å². The topological polar surface area (TPSA) is 302 Å². The molecule has 0 bridgehead atoms. The van der Waals surface area contributed by atoms with Gasteiger partial charge in [-0.2, -0.15) is 0 Å². The first-order valence-electron chi connectivity index (χ1n) is 19.9. The second-order valence-corrected chi connectivity index (χ2v) is 15.8. The Bertz CT molecular complexity index is 2410. The summed E-state index contributed by atoms with van der Waals surface area (Å²) >= 11 is 0.913. The lowest BCUT2D eigenvalue weighted by Gasteiger charge is -2.27. The molecule has 11 N–H and O–H groups in total. The number of hydrogen-bond donors (Lipinski definition) is 9. The van der Waals surface area contributed by atoms with Crippen LogP contribution in [0.15, 0.2) is 96.4 Å². The maximum absolute atomic E-state index is 14.4. The summed E-state index contributed by atoms with van der Waals surface area (Å²) in [5, 5.41) is 26.3. The van der Waals surface area contributed by atoms with E-state index in [9.17, 15) is 38.9 Å². The van der Waals surface area contributed by atoms with Crippen LogP contribution in [0.1, 0.15) is 46.4 Å². The van der Waals surface area contributed by atoms with Gasteiger partial charge in [-0.1, -0.05) is 48.5 Å². The van der Waals surface area contributed by atoms with E-state index in [4.69, 9.17) is 11.5 Å². The van der Waals surface area contributed by atoms with E-state index in [-0.39, 0.29) is 41.9 Å². The van der Waals surface area contributed by atoms with E-state index in [1.54, 1.807) is 36.5 Å². The quantitative estimate of drug-likeness (QED) is 0.0489. The number of benzene rings is 3. The van der Waals surface area contributed by atoms with Crippen LogP contribution in [0.5, 0.6) is 0 Å². The number of amides is 6. The molecule has 0 aliphatic carbocycles. The Labute approximate surface area is 359 Å². The molecule has 0 saturated heterocycles. The van der Waals surface area contributed by atoms with E-state index in [1.807, 2.05) is 24.3 Å². The van der Waals surface area contributed by atoms with Gasteiger partial charge in [0.2, 0.25) is 29.5 Å². The molecule has 0 saturated carbocycles. The van der Waals surface area contributed by atoms with E-state index < -0.39 is 76.3 Å². The summed E-state index contributed by atoms with van der Waals surface area (Å²) in [6, 6.07) is 13.2. The molecule has 62 heavy (non-hydrogen) atoms. The Morgan fingerprint density at radius 3 is 2.13 bits per heavy atom. The van der Waals surface area contributed by atoms with Gasteiger partial charge in [-0.05, 0) is 49.1 Å². The number of aromatic amines is 2. The number of nitrogens with two attached hydrogens (primary N) is 2. The van der Waals surface area contributed by atoms with E-state index in [0.717, 1.165) is 28.7 Å². The third-order valence-electron chi connectivity index (χ3n) is 10.3. The minimum atomic E-state index is -1.36. The number of thioether (sulfide) groups is 1. The number of non-ortho nitro benzene ring substituents is 1. The molecule has 19 nitrogen and oxygen atoms in total. The number of unbranched alkanes of at least 4 members (excludes halogenated alkanes) is 1. The fourth-order valence-corrected chi connectivity index (χ4v) is 8.07. The number of hydrogen-bond acceptors (Lipinski definition) is 11. The predicted molar refractivity (Wildman–Crippen MR) is 229 cm³/mol. The second-order valence-electron chi connectivity index (χ2n) is 14.7. The van der Waals surface area contributed by atoms with Crippen LogP contribution in [0, 0.1) is 10.1 Å². The molecule has 20 heteroatoms. The molecule has 3 aromatic carbocycles. The third-order valence-corrected chi connectivity index (χ3v) is 11.5. The summed E-state index contributed by atoms with van der Waals surface area (Å²) in [5.41, 5.74) is 13.5. The molecule has 0 fully saturated rings. The van der Waals surface area contributed by atoms with E-state index in [0.29, 0.717) is 36.2 Å². The summed E-state index contributed by atoms with van der Waals surface area (Å²) in [7, 11) is 0. The predicted octanol–water partition coefficient (Wildman–Crippen LogP) is 1.28. The number of para-hydroxylation sites is 1. The number of nitro groups is 1. The Balaban J connectivity index is 1.43. The number of primary amides is 1. The molecule has 6 amide bonds. The molecular weight excluding hydrogens is 819 g/mol. The number of nitrogens with zero attached hydrogens (tertiary/aromatic N) is 2. The fraction of sp³-hybridized carbons (Fsp3) is 0.310. The van der Waals surface area contributed by atoms with Crippen LogP contribution >= 0.6 is 11.8 Å². The SMILES string of the molecule is NCCCC[C@@H]1NC(=O)[C@@H](Cc2ccccc2)NC(=O)[C@H](Cc2cnc[nH]2)NC(=O)c2cc([N+](=O)[O-])ccc2SC[C@@H](C(N)=O)NC(=O)[C@H](Cc2c[nH]c3ccccc23)NC1=O. The van der Waals surface area contributed by atoms with Crippen molar-refractivity contribution in [3.63, 3.8) is 0 Å². The van der Waals surface area contributed by atoms with Crippen LogP contribution < -0.4 is 38.1 Å². The standard InChI is InChI=1S/C42H47N11O8S/c43-15-7-6-12-31-39(56)51-33(17-25-20-46-30-11-5-4-10-28(25)30)41(58)52-35(37(44)54)22-62-36-14-13-27(53(60)61)19-29(36)38(55)49-34(18-26-21-45-23-47-26)42(59)50-32(40(57)48-31)16-24-8-2-1-3-9-24/h1-5,8-11,13-14,19-21,23,31-35,46H,6-7,12,15-18,22,43H2,(H2,44,54)(H,45,47)(H,48,57)(H,49,55)(H,50,59)(H,51,56)(H,52,58)/t31-,32+,33-,34-,35-/m0/s1. The first kappa shape index (κ1) is 44.5. The van der Waals surface area contributed by atoms with Gasteiger partial charge in [-0.3, -0.25) is 38.9 Å². The molecule has 0 radical (unpaired) electrons. The van der Waals surface area contributed by atoms with Crippen molar-refractivity contribution in [3.05, 3.63) is 124 Å². The largest absolute Gasteiger partial charge is 0.368 e. The highest BCUT2D eigenvalue weighted by atomic mass is 32.2. The number of H-pyrrole nitrogens is 2. The number of imidazole rings is 1. The Morgan fingerprint density at radius 2 is 1.44 bits per heavy atom. The van der Waals surface area contributed by atoms with Crippen molar-refractivity contribution in [2.75, 3.05) is 12.3 Å². The first-order valence-corrected chi connectivity index (χ1v) is 20.9. The van der Waals surface area contributed by atoms with Gasteiger partial charge in [0.25, 0.3) is 11.6 Å². The van der Waals surface area contributed by atoms with E-state index in [1.165, 1.54) is 24.7 Å². The fourth-order valence-electron chi connectivity index (χ4n) is 7.00. The molecular formula is C42H47N11O8S. The van der Waals surface area contributed by atoms with Crippen molar-refractivity contribution < 1.29 is 33.7 Å². The van der Waals surface area contributed by atoms with Crippen LogP contribution in [0.25, 0.3) is 10.9 Å². The van der Waals surface area contributed by atoms with Crippen LogP contribution in [0.4, 0.5) is 5.69 Å². The average molecular weight is 866 g/mol. The molecule has 0 spiro atoms. The summed E-state index contributed by atoms with van der Waals surface area (Å²) < 4.78 is 0. The monoisotopic (exact) mass is 865 g/mol. The first-order chi connectivity index (χ1) is 29.9. The maximum Gasteiger partial charge on any atom is 0.270 e. The Morgan fingerprint density at radius 1 is 0.774 bits per heavy atom. The average Bonchev–Trinajstić information content (AvgIpc) is 3.94. The van der Waals surface area contributed by atoms with Gasteiger partial charge in [-0.15, -0.1) is 11.8 Å². The minimum absolute atomic E-state index is 0.0218. The zero-order valence-electron chi connectivity index (χ0n) is 33.4. The van der Waals surface area contributed by atoms with Gasteiger partial charge >= 0.3 is 0 Å². The van der Waals surface area contributed by atoms with Crippen molar-refractivity contribution >= 4 is 63.8 Å². The highest BCUT2D eigenvalue weighted by Crippen LogP contribution is 2.28. The van der Waals surface area contributed by atoms with Crippen molar-refractivity contribution in [3.8, 4) is 0 Å². The van der Waals surface area contributed by atoms with Crippen molar-refractivity contribution in [1.82, 2.24) is 41.5 Å². The molecule has 3 heterocycles. The van der Waals surface area contributed by atoms with Gasteiger partial charge in [0.05, 0.1) is 16.8 Å². The van der Waals surface area contributed by atoms with Crippen LogP contribution in [0.3, 0.4) is 0 Å². The number of fused-ring (bicyclic) bond motifs is 2. The lowest BCUT2D eigenvalue weighted by molar-refractivity contribution is -0.384. The van der Waals surface area contributed by atoms with Crippen LogP contribution in [-0.2, 0) is 43.2 Å². The van der Waals surface area contributed by atoms with E-state index >= 15 is 0 Å². The molecule has 1 aliphatic rings. The zero-order chi connectivity index (χ0) is 44.2.